The minimum atomic E-state index is -4.36. The number of sulfonamides is 1. The number of aromatic amines is 1. The number of aliphatic carboxylic acids is 1. The van der Waals surface area contributed by atoms with Crippen LogP contribution in [0.25, 0.3) is 22.0 Å². The van der Waals surface area contributed by atoms with Gasteiger partial charge in [0.2, 0.25) is 15.5 Å². The zero-order chi connectivity index (χ0) is 60.7. The van der Waals surface area contributed by atoms with Crippen molar-refractivity contribution in [2.45, 2.75) is 47.5 Å². The highest BCUT2D eigenvalue weighted by Gasteiger charge is 2.27. The number of anilines is 2. The number of pyridine rings is 2. The average Bonchev–Trinajstić information content (AvgIpc) is 4.11. The molecular formula is C56H69N11O15S3. The van der Waals surface area contributed by atoms with Gasteiger partial charge in [0.25, 0.3) is 21.9 Å². The summed E-state index contributed by atoms with van der Waals surface area (Å²) in [5, 5.41) is 25.3. The molecule has 3 heterocycles. The average molecular weight is 1230 g/mol. The molecule has 26 nitrogen and oxygen atoms in total. The number of rotatable bonds is 31. The van der Waals surface area contributed by atoms with E-state index in [1.54, 1.807) is 72.5 Å². The lowest BCUT2D eigenvalue weighted by atomic mass is 10.1. The van der Waals surface area contributed by atoms with E-state index in [4.69, 9.17) is 14.2 Å². The van der Waals surface area contributed by atoms with Gasteiger partial charge >= 0.3 is 5.97 Å². The van der Waals surface area contributed by atoms with Gasteiger partial charge in [-0.05, 0) is 97.7 Å². The van der Waals surface area contributed by atoms with Crippen molar-refractivity contribution in [2.24, 2.45) is 12.1 Å². The third-order valence-electron chi connectivity index (χ3n) is 12.1. The van der Waals surface area contributed by atoms with Crippen LogP contribution >= 0.6 is 0 Å². The third-order valence-corrected chi connectivity index (χ3v) is 15.7. The fraction of sp³-hybridized carbons (Fsp3) is 0.304. The molecule has 4 aromatic carbocycles. The van der Waals surface area contributed by atoms with Gasteiger partial charge in [-0.3, -0.25) is 29.2 Å². The highest BCUT2D eigenvalue weighted by molar-refractivity contribution is 7.90. The van der Waals surface area contributed by atoms with Crippen molar-refractivity contribution in [3.05, 3.63) is 160 Å². The predicted molar refractivity (Wildman–Crippen MR) is 321 cm³/mol. The van der Waals surface area contributed by atoms with Gasteiger partial charge < -0.3 is 50.1 Å². The zero-order valence-electron chi connectivity index (χ0n) is 46.0. The monoisotopic (exact) mass is 1230 g/mol. The van der Waals surface area contributed by atoms with Crippen LogP contribution in [0.3, 0.4) is 0 Å². The molecule has 0 spiro atoms. The first-order valence-electron chi connectivity index (χ1n) is 25.9. The van der Waals surface area contributed by atoms with Crippen molar-refractivity contribution in [3.63, 3.8) is 0 Å². The van der Waals surface area contributed by atoms with Gasteiger partial charge in [-0.2, -0.15) is 18.2 Å². The maximum absolute atomic E-state index is 13.2. The molecule has 85 heavy (non-hydrogen) atoms. The Bertz CT molecular complexity index is 3760. The van der Waals surface area contributed by atoms with Crippen LogP contribution in [0.15, 0.2) is 152 Å². The second-order valence-corrected chi connectivity index (χ2v) is 23.5. The van der Waals surface area contributed by atoms with Crippen molar-refractivity contribution in [2.75, 3.05) is 83.3 Å². The van der Waals surface area contributed by atoms with E-state index < -0.39 is 59.9 Å². The van der Waals surface area contributed by atoms with Crippen molar-refractivity contribution in [3.8, 4) is 11.1 Å². The van der Waals surface area contributed by atoms with Gasteiger partial charge in [-0.15, -0.1) is 0 Å². The molecule has 0 aliphatic heterocycles. The fourth-order valence-electron chi connectivity index (χ4n) is 7.75. The van der Waals surface area contributed by atoms with Crippen LogP contribution in [0.1, 0.15) is 52.1 Å². The lowest BCUT2D eigenvalue weighted by molar-refractivity contribution is -0.138. The van der Waals surface area contributed by atoms with Crippen LogP contribution in [0.4, 0.5) is 11.8 Å². The predicted octanol–water partition coefficient (Wildman–Crippen LogP) is 4.30. The molecule has 456 valence electrons. The van der Waals surface area contributed by atoms with Crippen LogP contribution < -0.4 is 36.8 Å². The Labute approximate surface area is 492 Å². The number of nitrogens with one attached hydrogen (secondary N) is 7. The number of hydrogen-bond acceptors (Lipinski definition) is 19. The lowest BCUT2D eigenvalue weighted by Gasteiger charge is -2.16. The van der Waals surface area contributed by atoms with Crippen molar-refractivity contribution >= 4 is 76.6 Å². The van der Waals surface area contributed by atoms with Crippen LogP contribution in [0.5, 0.6) is 0 Å². The van der Waals surface area contributed by atoms with E-state index in [0.717, 1.165) is 31.4 Å². The number of imidazole rings is 1. The number of fused-ring (bicyclic) bond motifs is 1. The number of carbonyl (C=O) groups is 3. The Morgan fingerprint density at radius 3 is 2.00 bits per heavy atom. The summed E-state index contributed by atoms with van der Waals surface area (Å²) in [6, 6.07) is 24.0. The number of H-pyrrole nitrogens is 1. The summed E-state index contributed by atoms with van der Waals surface area (Å²) in [6.45, 7) is 4.49. The Morgan fingerprint density at radius 1 is 0.776 bits per heavy atom. The summed E-state index contributed by atoms with van der Waals surface area (Å²) in [5.74, 6) is -1.73. The second-order valence-electron chi connectivity index (χ2n) is 18.4. The maximum atomic E-state index is 13.2. The molecule has 2 amide bonds. The van der Waals surface area contributed by atoms with Gasteiger partial charge in [0.05, 0.1) is 53.5 Å². The summed E-state index contributed by atoms with van der Waals surface area (Å²) >= 11 is 0. The van der Waals surface area contributed by atoms with Gasteiger partial charge in [-0.25, -0.2) is 26.8 Å². The number of nitrogens with zero attached hydrogens (tertiary/aromatic N) is 4. The number of hydrogen-bond donors (Lipinski definition) is 9. The molecule has 29 heteroatoms. The molecule has 0 bridgehead atoms. The number of carbonyl (C=O) groups excluding carboxylic acids is 2. The molecule has 3 aromatic heterocycles. The van der Waals surface area contributed by atoms with Gasteiger partial charge in [-0.1, -0.05) is 56.0 Å². The number of aromatic nitrogens is 4. The Hall–Kier alpha value is -8.26. The molecule has 0 aliphatic carbocycles. The number of carboxylic acids is 1. The SMILES string of the molecule is C.CNCCCOCCOCCOCCCNC(=O)c1ccc(NN=Cc2ccccc2S(=O)(=O)O)nc1.Cn1cc(C(=O)NCC(NS(=O)(=O)c2ccc(-c3ccc(S(C)(=O)=O)cc3)cc2)C(=O)O)c(=O)c2ccc(CNc3ncc[nH]3)cc21. The van der Waals surface area contributed by atoms with Gasteiger partial charge in [0.15, 0.2) is 15.8 Å². The van der Waals surface area contributed by atoms with E-state index in [-0.39, 0.29) is 44.5 Å². The zero-order valence-corrected chi connectivity index (χ0v) is 48.4. The summed E-state index contributed by atoms with van der Waals surface area (Å²) < 4.78 is 102. The molecule has 0 aliphatic rings. The summed E-state index contributed by atoms with van der Waals surface area (Å²) in [5.41, 5.74) is 5.10. The van der Waals surface area contributed by atoms with Gasteiger partial charge in [0, 0.05) is 81.9 Å². The van der Waals surface area contributed by atoms with E-state index in [2.05, 4.69) is 51.5 Å². The molecular weight excluding hydrogens is 1160 g/mol. The lowest BCUT2D eigenvalue weighted by Crippen LogP contribution is -2.48. The van der Waals surface area contributed by atoms with Crippen LogP contribution in [-0.4, -0.2) is 157 Å². The Kier molecular flexibility index (Phi) is 26.0. The molecule has 7 aromatic rings. The molecule has 0 fully saturated rings. The summed E-state index contributed by atoms with van der Waals surface area (Å²) in [7, 11) is -8.52. The molecule has 7 rings (SSSR count). The largest absolute Gasteiger partial charge is 0.480 e. The molecule has 0 saturated carbocycles. The summed E-state index contributed by atoms with van der Waals surface area (Å²) in [4.78, 5) is 61.2. The Balaban J connectivity index is 0.000000317. The highest BCUT2D eigenvalue weighted by atomic mass is 32.2. The van der Waals surface area contributed by atoms with E-state index in [1.165, 1.54) is 73.2 Å². The maximum Gasteiger partial charge on any atom is 0.323 e. The summed E-state index contributed by atoms with van der Waals surface area (Å²) in [6.07, 6.45) is 10.0. The topological polar surface area (TPSA) is 370 Å². The first kappa shape index (κ1) is 67.5. The van der Waals surface area contributed by atoms with E-state index >= 15 is 0 Å². The van der Waals surface area contributed by atoms with Crippen LogP contribution in [0, 0.1) is 0 Å². The first-order valence-corrected chi connectivity index (χ1v) is 30.7. The normalized spacial score (nSPS) is 12.0. The van der Waals surface area contributed by atoms with E-state index in [1.807, 2.05) is 7.05 Å². The van der Waals surface area contributed by atoms with Crippen molar-refractivity contribution in [1.29, 1.82) is 0 Å². The van der Waals surface area contributed by atoms with Crippen LogP contribution in [-0.2, 0) is 62.6 Å². The van der Waals surface area contributed by atoms with E-state index in [0.29, 0.717) is 86.5 Å². The molecule has 1 atom stereocenters. The number of benzene rings is 4. The number of aryl methyl sites for hydroxylation is 1. The number of amides is 2. The number of hydrazone groups is 1. The van der Waals surface area contributed by atoms with Gasteiger partial charge in [0.1, 0.15) is 22.3 Å². The minimum Gasteiger partial charge on any atom is -0.480 e. The van der Waals surface area contributed by atoms with E-state index in [9.17, 15) is 54.1 Å². The fourth-order valence-corrected chi connectivity index (χ4v) is 10.2. The third kappa shape index (κ3) is 21.1. The minimum absolute atomic E-state index is 0. The molecule has 0 saturated heterocycles. The quantitative estimate of drug-likeness (QED) is 0.0127. The smallest absolute Gasteiger partial charge is 0.323 e. The molecule has 0 radical (unpaired) electrons. The molecule has 1 unspecified atom stereocenters. The first-order chi connectivity index (χ1) is 40.1. The number of carboxylic acid groups (broad SMARTS) is 1. The standard InChI is InChI=1S/C31H30N6O8S2.C24H35N5O7S.CH4/c1-37-18-25(28(38)24-12-3-19(15-27(24)37)16-35-31-32-13-14-33-31)29(39)34-17-26(30(40)41)36-47(44,45)23-10-6-21(7-11-23)20-4-8-22(9-5-20)46(2,42)43;1-25-10-4-12-34-14-16-36-17-15-35-13-5-11-26-24(30)21-8-9-23(27-18-21)29-28-19-20-6-2-3-7-22(20)37(31,32)33;/h3-15,18,26,36H,16-17H2,1-2H3,(H,34,39)(H,40,41)(H2,32,33,35);2-3,6-9,18-19,25H,4-5,10-17H2,1H3,(H,26,30)(H,27,29)(H,31,32,33);1H4. The highest BCUT2D eigenvalue weighted by Crippen LogP contribution is 2.24. The Morgan fingerprint density at radius 2 is 1.41 bits per heavy atom. The number of ether oxygens (including phenoxy) is 3. The second kappa shape index (κ2) is 32.7. The van der Waals surface area contributed by atoms with Crippen molar-refractivity contribution in [1.82, 2.24) is 40.2 Å². The van der Waals surface area contributed by atoms with Crippen molar-refractivity contribution < 1.29 is 63.5 Å². The van der Waals surface area contributed by atoms with Crippen LogP contribution in [0.2, 0.25) is 0 Å². The number of sulfone groups is 1. The molecule has 9 N–H and O–H groups in total.